The van der Waals surface area contributed by atoms with Gasteiger partial charge in [0.05, 0.1) is 11.5 Å². The van der Waals surface area contributed by atoms with Gasteiger partial charge in [-0.2, -0.15) is 0 Å². The molecule has 0 atom stereocenters. The second-order valence-electron chi connectivity index (χ2n) is 3.21. The first-order chi connectivity index (χ1) is 8.04. The fourth-order valence-corrected chi connectivity index (χ4v) is 1.16. The van der Waals surface area contributed by atoms with E-state index >= 15 is 0 Å². The quantitative estimate of drug-likeness (QED) is 0.345. The SMILES string of the molecule is CCOC(=O)/C=C/c1cc([N+](=O)[O-])cnc1C. The van der Waals surface area contributed by atoms with E-state index in [-0.39, 0.29) is 12.3 Å². The van der Waals surface area contributed by atoms with Crippen molar-refractivity contribution in [2.24, 2.45) is 0 Å². The largest absolute Gasteiger partial charge is 0.463 e. The highest BCUT2D eigenvalue weighted by Gasteiger charge is 2.08. The lowest BCUT2D eigenvalue weighted by atomic mass is 10.2. The van der Waals surface area contributed by atoms with Crippen LogP contribution in [0.25, 0.3) is 6.08 Å². The van der Waals surface area contributed by atoms with Gasteiger partial charge in [-0.25, -0.2) is 4.79 Å². The van der Waals surface area contributed by atoms with E-state index in [4.69, 9.17) is 4.74 Å². The molecule has 0 amide bonds. The van der Waals surface area contributed by atoms with Crippen molar-refractivity contribution in [2.45, 2.75) is 13.8 Å². The summed E-state index contributed by atoms with van der Waals surface area (Å²) in [6, 6.07) is 1.36. The van der Waals surface area contributed by atoms with Gasteiger partial charge in [0, 0.05) is 23.4 Å². The maximum absolute atomic E-state index is 11.1. The van der Waals surface area contributed by atoms with Gasteiger partial charge in [-0.15, -0.1) is 0 Å². The zero-order chi connectivity index (χ0) is 12.8. The van der Waals surface area contributed by atoms with Gasteiger partial charge in [0.1, 0.15) is 6.20 Å². The topological polar surface area (TPSA) is 82.3 Å². The third kappa shape index (κ3) is 3.67. The van der Waals surface area contributed by atoms with Gasteiger partial charge in [-0.3, -0.25) is 15.1 Å². The van der Waals surface area contributed by atoms with Gasteiger partial charge in [-0.1, -0.05) is 0 Å². The first-order valence-corrected chi connectivity index (χ1v) is 5.00. The highest BCUT2D eigenvalue weighted by atomic mass is 16.6. The van der Waals surface area contributed by atoms with Crippen molar-refractivity contribution in [3.05, 3.63) is 39.7 Å². The maximum atomic E-state index is 11.1. The minimum Gasteiger partial charge on any atom is -0.463 e. The summed E-state index contributed by atoms with van der Waals surface area (Å²) in [5.41, 5.74) is 1.02. The number of carbonyl (C=O) groups excluding carboxylic acids is 1. The van der Waals surface area contributed by atoms with Crippen LogP contribution in [0.4, 0.5) is 5.69 Å². The van der Waals surface area contributed by atoms with Crippen LogP contribution in [0.2, 0.25) is 0 Å². The summed E-state index contributed by atoms with van der Waals surface area (Å²) in [5.74, 6) is -0.488. The molecule has 0 unspecified atom stereocenters. The Balaban J connectivity index is 2.93. The molecule has 1 heterocycles. The molecule has 0 aliphatic heterocycles. The number of aryl methyl sites for hydroxylation is 1. The second-order valence-corrected chi connectivity index (χ2v) is 3.21. The molecular weight excluding hydrogens is 224 g/mol. The molecule has 0 aliphatic rings. The van der Waals surface area contributed by atoms with Crippen molar-refractivity contribution in [2.75, 3.05) is 6.61 Å². The second kappa shape index (κ2) is 5.74. The molecule has 0 spiro atoms. The maximum Gasteiger partial charge on any atom is 0.330 e. The molecule has 6 nitrogen and oxygen atoms in total. The lowest BCUT2D eigenvalue weighted by molar-refractivity contribution is -0.385. The van der Waals surface area contributed by atoms with E-state index in [2.05, 4.69) is 4.98 Å². The Labute approximate surface area is 98.1 Å². The Morgan fingerprint density at radius 3 is 2.94 bits per heavy atom. The van der Waals surface area contributed by atoms with Crippen LogP contribution in [0.1, 0.15) is 18.2 Å². The van der Waals surface area contributed by atoms with E-state index in [1.807, 2.05) is 0 Å². The van der Waals surface area contributed by atoms with Crippen molar-refractivity contribution in [3.8, 4) is 0 Å². The van der Waals surface area contributed by atoms with Gasteiger partial charge in [0.15, 0.2) is 0 Å². The number of hydrogen-bond acceptors (Lipinski definition) is 5. The van der Waals surface area contributed by atoms with Gasteiger partial charge in [-0.05, 0) is 19.9 Å². The third-order valence-corrected chi connectivity index (χ3v) is 2.01. The Hall–Kier alpha value is -2.24. The summed E-state index contributed by atoms with van der Waals surface area (Å²) >= 11 is 0. The molecule has 1 rings (SSSR count). The van der Waals surface area contributed by atoms with Crippen LogP contribution in [0, 0.1) is 17.0 Å². The van der Waals surface area contributed by atoms with Gasteiger partial charge in [0.2, 0.25) is 0 Å². The first kappa shape index (κ1) is 12.8. The average molecular weight is 236 g/mol. The van der Waals surface area contributed by atoms with Crippen molar-refractivity contribution in [1.82, 2.24) is 4.98 Å². The van der Waals surface area contributed by atoms with Crippen molar-refractivity contribution >= 4 is 17.7 Å². The molecule has 0 radical (unpaired) electrons. The highest BCUT2D eigenvalue weighted by molar-refractivity contribution is 5.87. The molecule has 90 valence electrons. The average Bonchev–Trinajstić information content (AvgIpc) is 2.28. The van der Waals surface area contributed by atoms with Crippen LogP contribution in [0.5, 0.6) is 0 Å². The number of ether oxygens (including phenoxy) is 1. The molecule has 17 heavy (non-hydrogen) atoms. The predicted molar refractivity (Wildman–Crippen MR) is 61.3 cm³/mol. The molecular formula is C11H12N2O4. The minimum atomic E-state index is -0.534. The lowest BCUT2D eigenvalue weighted by Crippen LogP contribution is -1.99. The Bertz CT molecular complexity index is 469. The van der Waals surface area contributed by atoms with Crippen molar-refractivity contribution in [3.63, 3.8) is 0 Å². The first-order valence-electron chi connectivity index (χ1n) is 5.00. The van der Waals surface area contributed by atoms with Crippen molar-refractivity contribution in [1.29, 1.82) is 0 Å². The summed E-state index contributed by atoms with van der Waals surface area (Å²) in [4.78, 5) is 25.0. The smallest absolute Gasteiger partial charge is 0.330 e. The Morgan fingerprint density at radius 2 is 2.35 bits per heavy atom. The van der Waals surface area contributed by atoms with Crippen LogP contribution in [0.3, 0.4) is 0 Å². The normalized spacial score (nSPS) is 10.5. The zero-order valence-electron chi connectivity index (χ0n) is 9.54. The highest BCUT2D eigenvalue weighted by Crippen LogP contribution is 2.15. The van der Waals surface area contributed by atoms with E-state index < -0.39 is 10.9 Å². The lowest BCUT2D eigenvalue weighted by Gasteiger charge is -1.99. The number of rotatable bonds is 4. The molecule has 1 aromatic rings. The Morgan fingerprint density at radius 1 is 1.65 bits per heavy atom. The van der Waals surface area contributed by atoms with Crippen molar-refractivity contribution < 1.29 is 14.5 Å². The van der Waals surface area contributed by atoms with Crippen LogP contribution in [-0.2, 0) is 9.53 Å². The molecule has 0 saturated carbocycles. The van der Waals surface area contributed by atoms with Gasteiger partial charge >= 0.3 is 5.97 Å². The van der Waals surface area contributed by atoms with E-state index in [0.29, 0.717) is 11.3 Å². The molecule has 0 fully saturated rings. The molecule has 0 N–H and O–H groups in total. The number of aromatic nitrogens is 1. The van der Waals surface area contributed by atoms with E-state index in [1.54, 1.807) is 13.8 Å². The minimum absolute atomic E-state index is 0.112. The number of nitrogens with zero attached hydrogens (tertiary/aromatic N) is 2. The molecule has 0 aromatic carbocycles. The fraction of sp³-hybridized carbons (Fsp3) is 0.273. The summed E-state index contributed by atoms with van der Waals surface area (Å²) in [5, 5.41) is 10.6. The summed E-state index contributed by atoms with van der Waals surface area (Å²) < 4.78 is 4.70. The molecule has 6 heteroatoms. The third-order valence-electron chi connectivity index (χ3n) is 2.01. The number of carbonyl (C=O) groups is 1. The van der Waals surface area contributed by atoms with E-state index in [9.17, 15) is 14.9 Å². The summed E-state index contributed by atoms with van der Waals surface area (Å²) in [6.07, 6.45) is 3.85. The monoisotopic (exact) mass is 236 g/mol. The van der Waals surface area contributed by atoms with Crippen LogP contribution in [-0.4, -0.2) is 22.5 Å². The fourth-order valence-electron chi connectivity index (χ4n) is 1.16. The van der Waals surface area contributed by atoms with E-state index in [0.717, 1.165) is 0 Å². The molecule has 1 aromatic heterocycles. The summed E-state index contributed by atoms with van der Waals surface area (Å²) in [7, 11) is 0. The number of esters is 1. The molecule has 0 aliphatic carbocycles. The molecule has 0 saturated heterocycles. The van der Waals surface area contributed by atoms with E-state index in [1.165, 1.54) is 24.4 Å². The predicted octanol–water partition coefficient (Wildman–Crippen LogP) is 1.87. The summed E-state index contributed by atoms with van der Waals surface area (Å²) in [6.45, 7) is 3.69. The molecule has 0 bridgehead atoms. The Kier molecular flexibility index (Phi) is 4.33. The number of pyridine rings is 1. The van der Waals surface area contributed by atoms with Gasteiger partial charge < -0.3 is 4.74 Å². The number of hydrogen-bond donors (Lipinski definition) is 0. The van der Waals surface area contributed by atoms with Gasteiger partial charge in [0.25, 0.3) is 5.69 Å². The zero-order valence-corrected chi connectivity index (χ0v) is 9.54. The van der Waals surface area contributed by atoms with Crippen LogP contribution in [0.15, 0.2) is 18.3 Å². The van der Waals surface area contributed by atoms with Crippen LogP contribution >= 0.6 is 0 Å². The number of nitro groups is 1. The van der Waals surface area contributed by atoms with Crippen LogP contribution < -0.4 is 0 Å². The standard InChI is InChI=1S/C11H12N2O4/c1-3-17-11(14)5-4-9-6-10(13(15)16)7-12-8(9)2/h4-7H,3H2,1-2H3/b5-4+.